The van der Waals surface area contributed by atoms with Gasteiger partial charge in [-0.25, -0.2) is 9.20 Å². The van der Waals surface area contributed by atoms with Gasteiger partial charge in [-0.2, -0.15) is 15.2 Å². The number of ether oxygens (including phenoxy) is 1. The topological polar surface area (TPSA) is 100 Å². The zero-order chi connectivity index (χ0) is 22.9. The molecule has 0 aliphatic rings. The molecule has 0 fully saturated rings. The summed E-state index contributed by atoms with van der Waals surface area (Å²) in [5, 5.41) is 12.8. The normalized spacial score (nSPS) is 11.2. The quantitative estimate of drug-likeness (QED) is 0.395. The Balaban J connectivity index is 1.44. The van der Waals surface area contributed by atoms with Crippen LogP contribution in [0.15, 0.2) is 64.2 Å². The third kappa shape index (κ3) is 4.00. The molecule has 0 unspecified atom stereocenters. The minimum atomic E-state index is -0.292. The molecule has 0 spiro atoms. The number of aromatic nitrogens is 6. The highest BCUT2D eigenvalue weighted by atomic mass is 16.5. The summed E-state index contributed by atoms with van der Waals surface area (Å²) in [6.07, 6.45) is 1.51. The molecule has 0 saturated carbocycles. The van der Waals surface area contributed by atoms with Crippen LogP contribution in [0.3, 0.4) is 0 Å². The second-order valence-corrected chi connectivity index (χ2v) is 7.74. The highest BCUT2D eigenvalue weighted by Gasteiger charge is 2.15. The second-order valence-electron chi connectivity index (χ2n) is 7.74. The van der Waals surface area contributed by atoms with Gasteiger partial charge >= 0.3 is 0 Å². The standard InChI is InChI=1S/C24H22N6O3/c1-4-32-18-7-5-6-17(11-18)23-26-22(33-28-23)13-29-24(31)21-12-20(27-30(21)14-25-29)19-10-15(2)8-9-16(19)3/h5-12,14H,4,13H2,1-3H3. The Labute approximate surface area is 189 Å². The van der Waals surface area contributed by atoms with Crippen LogP contribution in [-0.4, -0.2) is 36.1 Å². The van der Waals surface area contributed by atoms with Gasteiger partial charge in [0.1, 0.15) is 24.1 Å². The van der Waals surface area contributed by atoms with E-state index in [0.29, 0.717) is 17.9 Å². The van der Waals surface area contributed by atoms with Crippen LogP contribution in [0.1, 0.15) is 23.9 Å². The zero-order valence-electron chi connectivity index (χ0n) is 18.5. The van der Waals surface area contributed by atoms with Crippen molar-refractivity contribution in [1.82, 2.24) is 29.5 Å². The number of fused-ring (bicyclic) bond motifs is 1. The van der Waals surface area contributed by atoms with Crippen molar-refractivity contribution in [1.29, 1.82) is 0 Å². The molecule has 0 atom stereocenters. The number of hydrogen-bond donors (Lipinski definition) is 0. The number of nitrogens with zero attached hydrogens (tertiary/aromatic N) is 6. The average molecular weight is 442 g/mol. The molecule has 0 amide bonds. The SMILES string of the molecule is CCOc1cccc(-c2noc(Cn3ncn4nc(-c5cc(C)ccc5C)cc4c3=O)n2)c1. The third-order valence-electron chi connectivity index (χ3n) is 5.32. The molecule has 3 aromatic heterocycles. The van der Waals surface area contributed by atoms with Gasteiger partial charge in [-0.15, -0.1) is 0 Å². The van der Waals surface area contributed by atoms with Crippen molar-refractivity contribution in [3.63, 3.8) is 0 Å². The average Bonchev–Trinajstić information content (AvgIpc) is 3.46. The minimum absolute atomic E-state index is 0.0530. The maximum Gasteiger partial charge on any atom is 0.293 e. The Morgan fingerprint density at radius 2 is 1.97 bits per heavy atom. The van der Waals surface area contributed by atoms with Crippen molar-refractivity contribution in [2.24, 2.45) is 0 Å². The lowest BCUT2D eigenvalue weighted by Gasteiger charge is -2.03. The Bertz CT molecular complexity index is 1510. The van der Waals surface area contributed by atoms with E-state index < -0.39 is 0 Å². The molecule has 33 heavy (non-hydrogen) atoms. The highest BCUT2D eigenvalue weighted by Crippen LogP contribution is 2.24. The zero-order valence-corrected chi connectivity index (χ0v) is 18.5. The first kappa shape index (κ1) is 20.6. The van der Waals surface area contributed by atoms with E-state index in [-0.39, 0.29) is 18.0 Å². The maximum atomic E-state index is 13.1. The first-order valence-electron chi connectivity index (χ1n) is 10.6. The first-order valence-corrected chi connectivity index (χ1v) is 10.6. The highest BCUT2D eigenvalue weighted by molar-refractivity contribution is 5.69. The summed E-state index contributed by atoms with van der Waals surface area (Å²) in [7, 11) is 0. The van der Waals surface area contributed by atoms with Crippen molar-refractivity contribution < 1.29 is 9.26 Å². The molecular weight excluding hydrogens is 420 g/mol. The molecule has 166 valence electrons. The van der Waals surface area contributed by atoms with E-state index in [1.54, 1.807) is 6.07 Å². The van der Waals surface area contributed by atoms with E-state index in [9.17, 15) is 4.79 Å². The van der Waals surface area contributed by atoms with E-state index >= 15 is 0 Å². The first-order chi connectivity index (χ1) is 16.0. The lowest BCUT2D eigenvalue weighted by atomic mass is 10.0. The molecule has 3 heterocycles. The van der Waals surface area contributed by atoms with E-state index in [0.717, 1.165) is 33.7 Å². The van der Waals surface area contributed by atoms with E-state index in [1.165, 1.54) is 15.5 Å². The fourth-order valence-electron chi connectivity index (χ4n) is 3.65. The molecule has 0 N–H and O–H groups in total. The van der Waals surface area contributed by atoms with Gasteiger partial charge in [-0.3, -0.25) is 4.79 Å². The summed E-state index contributed by atoms with van der Waals surface area (Å²) in [4.78, 5) is 17.5. The van der Waals surface area contributed by atoms with Gasteiger partial charge in [-0.05, 0) is 50.6 Å². The van der Waals surface area contributed by atoms with Crippen molar-refractivity contribution >= 4 is 5.52 Å². The Hall–Kier alpha value is -4.27. The van der Waals surface area contributed by atoms with Crippen LogP contribution >= 0.6 is 0 Å². The predicted octanol–water partition coefficient (Wildman–Crippen LogP) is 3.67. The minimum Gasteiger partial charge on any atom is -0.494 e. The summed E-state index contributed by atoms with van der Waals surface area (Å²) >= 11 is 0. The number of aryl methyl sites for hydroxylation is 2. The third-order valence-corrected chi connectivity index (χ3v) is 5.32. The van der Waals surface area contributed by atoms with Gasteiger partial charge in [0.15, 0.2) is 0 Å². The summed E-state index contributed by atoms with van der Waals surface area (Å²) < 4.78 is 13.7. The molecule has 0 aliphatic carbocycles. The van der Waals surface area contributed by atoms with Crippen molar-refractivity contribution in [2.45, 2.75) is 27.3 Å². The van der Waals surface area contributed by atoms with E-state index in [1.807, 2.05) is 51.1 Å². The predicted molar refractivity (Wildman–Crippen MR) is 122 cm³/mol. The van der Waals surface area contributed by atoms with Gasteiger partial charge in [-0.1, -0.05) is 35.0 Å². The molecule has 5 rings (SSSR count). The molecule has 5 aromatic rings. The summed E-state index contributed by atoms with van der Waals surface area (Å²) in [6, 6.07) is 15.4. The van der Waals surface area contributed by atoms with Gasteiger partial charge in [0, 0.05) is 11.1 Å². The summed E-state index contributed by atoms with van der Waals surface area (Å²) in [6.45, 7) is 6.59. The van der Waals surface area contributed by atoms with Crippen LogP contribution in [0.5, 0.6) is 5.75 Å². The lowest BCUT2D eigenvalue weighted by Crippen LogP contribution is -2.25. The molecule has 9 nitrogen and oxygen atoms in total. The summed E-state index contributed by atoms with van der Waals surface area (Å²) in [5.41, 5.74) is 4.82. The second kappa shape index (κ2) is 8.34. The maximum absolute atomic E-state index is 13.1. The smallest absolute Gasteiger partial charge is 0.293 e. The number of rotatable bonds is 6. The largest absolute Gasteiger partial charge is 0.494 e. The number of hydrogen-bond acceptors (Lipinski definition) is 7. The molecule has 2 aromatic carbocycles. The van der Waals surface area contributed by atoms with Crippen molar-refractivity contribution in [3.05, 3.63) is 82.2 Å². The van der Waals surface area contributed by atoms with Gasteiger partial charge < -0.3 is 9.26 Å². The van der Waals surface area contributed by atoms with E-state index in [4.69, 9.17) is 9.26 Å². The van der Waals surface area contributed by atoms with Gasteiger partial charge in [0.25, 0.3) is 5.56 Å². The molecule has 9 heteroatoms. The molecular formula is C24H22N6O3. The van der Waals surface area contributed by atoms with Crippen LogP contribution in [-0.2, 0) is 6.54 Å². The van der Waals surface area contributed by atoms with Crippen molar-refractivity contribution in [3.8, 4) is 28.4 Å². The lowest BCUT2D eigenvalue weighted by molar-refractivity contribution is 0.340. The van der Waals surface area contributed by atoms with Gasteiger partial charge in [0.2, 0.25) is 11.7 Å². The Morgan fingerprint density at radius 3 is 2.82 bits per heavy atom. The number of benzene rings is 2. The van der Waals surface area contributed by atoms with Crippen LogP contribution in [0, 0.1) is 13.8 Å². The molecule has 0 aliphatic heterocycles. The Morgan fingerprint density at radius 1 is 1.09 bits per heavy atom. The van der Waals surface area contributed by atoms with Crippen LogP contribution in [0.25, 0.3) is 28.2 Å². The fourth-order valence-corrected chi connectivity index (χ4v) is 3.65. The molecule has 0 radical (unpaired) electrons. The monoisotopic (exact) mass is 442 g/mol. The van der Waals surface area contributed by atoms with Crippen molar-refractivity contribution in [2.75, 3.05) is 6.61 Å². The van der Waals surface area contributed by atoms with Crippen LogP contribution < -0.4 is 10.3 Å². The fraction of sp³-hybridized carbons (Fsp3) is 0.208. The summed E-state index contributed by atoms with van der Waals surface area (Å²) in [5.74, 6) is 1.42. The molecule has 0 saturated heterocycles. The van der Waals surface area contributed by atoms with Crippen LogP contribution in [0.2, 0.25) is 0 Å². The van der Waals surface area contributed by atoms with Crippen LogP contribution in [0.4, 0.5) is 0 Å². The molecule has 0 bridgehead atoms. The Kier molecular flexibility index (Phi) is 5.21. The van der Waals surface area contributed by atoms with E-state index in [2.05, 4.69) is 32.5 Å². The van der Waals surface area contributed by atoms with Gasteiger partial charge in [0.05, 0.1) is 12.3 Å².